The topological polar surface area (TPSA) is 47.6 Å². The van der Waals surface area contributed by atoms with Crippen LogP contribution in [0.2, 0.25) is 0 Å². The van der Waals surface area contributed by atoms with Crippen molar-refractivity contribution in [3.63, 3.8) is 0 Å². The molecule has 4 nitrogen and oxygen atoms in total. The van der Waals surface area contributed by atoms with Crippen LogP contribution >= 0.6 is 0 Å². The first kappa shape index (κ1) is 14.2. The molecule has 0 aliphatic rings. The highest BCUT2D eigenvalue weighted by Crippen LogP contribution is 2.13. The molecule has 90 valence electrons. The van der Waals surface area contributed by atoms with Gasteiger partial charge in [0.15, 0.2) is 6.61 Å². The second-order valence-corrected chi connectivity index (χ2v) is 2.73. The minimum atomic E-state index is -4.42. The normalized spacial score (nSPS) is 13.7. The summed E-state index contributed by atoms with van der Waals surface area (Å²) in [6.45, 7) is 1.98. The molecule has 0 bridgehead atoms. The predicted octanol–water partition coefficient (Wildman–Crippen LogP) is 1.41. The molecule has 0 rings (SSSR count). The number of nitrogens with one attached hydrogen (secondary N) is 1. The van der Waals surface area contributed by atoms with Crippen LogP contribution in [0.15, 0.2) is 0 Å². The quantitative estimate of drug-likeness (QED) is 0.552. The molecule has 0 aromatic rings. The number of carbonyl (C=O) groups excluding carboxylic acids is 1. The van der Waals surface area contributed by atoms with E-state index in [0.29, 0.717) is 0 Å². The van der Waals surface area contributed by atoms with Gasteiger partial charge in [-0.05, 0) is 13.3 Å². The smallest absolute Gasteiger partial charge is 0.413 e. The van der Waals surface area contributed by atoms with Gasteiger partial charge in [0, 0.05) is 0 Å². The van der Waals surface area contributed by atoms with Crippen LogP contribution in [0, 0.1) is 0 Å². The van der Waals surface area contributed by atoms with E-state index in [0.717, 1.165) is 0 Å². The van der Waals surface area contributed by atoms with Crippen molar-refractivity contribution >= 4 is 5.97 Å². The van der Waals surface area contributed by atoms with Gasteiger partial charge in [0.2, 0.25) is 0 Å². The zero-order valence-electron chi connectivity index (χ0n) is 8.56. The molecule has 0 heterocycles. The summed E-state index contributed by atoms with van der Waals surface area (Å²) in [6.07, 6.45) is -4.13. The largest absolute Gasteiger partial charge is 0.465 e. The Balaban J connectivity index is 3.85. The molecule has 0 spiro atoms. The lowest BCUT2D eigenvalue weighted by Gasteiger charge is -2.15. The Kier molecular flexibility index (Phi) is 6.26. The van der Waals surface area contributed by atoms with Gasteiger partial charge in [-0.1, -0.05) is 6.92 Å². The third-order valence-electron chi connectivity index (χ3n) is 1.44. The van der Waals surface area contributed by atoms with E-state index in [1.807, 2.05) is 5.48 Å². The molecule has 15 heavy (non-hydrogen) atoms. The summed E-state index contributed by atoms with van der Waals surface area (Å²) in [4.78, 5) is 15.2. The first-order valence-electron chi connectivity index (χ1n) is 4.51. The fourth-order valence-electron chi connectivity index (χ4n) is 0.765. The fourth-order valence-corrected chi connectivity index (χ4v) is 0.765. The van der Waals surface area contributed by atoms with Crippen molar-refractivity contribution in [1.29, 1.82) is 0 Å². The number of hydrogen-bond donors (Lipinski definition) is 1. The number of rotatable bonds is 6. The van der Waals surface area contributed by atoms with E-state index in [-0.39, 0.29) is 13.0 Å². The van der Waals surface area contributed by atoms with Gasteiger partial charge in [-0.15, -0.1) is 0 Å². The molecule has 0 aromatic carbocycles. The predicted molar refractivity (Wildman–Crippen MR) is 45.9 cm³/mol. The SMILES string of the molecule is CCOC(=O)C(CC)NOCC(F)(F)F. The van der Waals surface area contributed by atoms with Crippen molar-refractivity contribution in [2.75, 3.05) is 13.2 Å². The van der Waals surface area contributed by atoms with Crippen LogP contribution in [0.4, 0.5) is 13.2 Å². The van der Waals surface area contributed by atoms with Crippen molar-refractivity contribution in [2.24, 2.45) is 0 Å². The number of esters is 1. The van der Waals surface area contributed by atoms with Crippen LogP contribution in [0.1, 0.15) is 20.3 Å². The van der Waals surface area contributed by atoms with E-state index in [9.17, 15) is 18.0 Å². The van der Waals surface area contributed by atoms with Crippen LogP contribution in [0.3, 0.4) is 0 Å². The van der Waals surface area contributed by atoms with Crippen LogP contribution in [0.25, 0.3) is 0 Å². The zero-order chi connectivity index (χ0) is 11.9. The molecule has 0 aromatic heterocycles. The minimum Gasteiger partial charge on any atom is -0.465 e. The molecule has 0 aliphatic heterocycles. The monoisotopic (exact) mass is 229 g/mol. The van der Waals surface area contributed by atoms with Crippen molar-refractivity contribution in [1.82, 2.24) is 5.48 Å². The van der Waals surface area contributed by atoms with Gasteiger partial charge < -0.3 is 4.74 Å². The standard InChI is InChI=1S/C8H14F3NO3/c1-3-6(7(13)14-4-2)12-15-5-8(9,10)11/h6,12H,3-5H2,1-2H3. The van der Waals surface area contributed by atoms with Crippen LogP contribution in [-0.4, -0.2) is 31.4 Å². The average molecular weight is 229 g/mol. The molecule has 1 unspecified atom stereocenters. The summed E-state index contributed by atoms with van der Waals surface area (Å²) >= 11 is 0. The second kappa shape index (κ2) is 6.62. The van der Waals surface area contributed by atoms with E-state index < -0.39 is 24.8 Å². The van der Waals surface area contributed by atoms with Crippen LogP contribution in [-0.2, 0) is 14.4 Å². The summed E-state index contributed by atoms with van der Waals surface area (Å²) in [6, 6.07) is -0.868. The number of hydroxylamine groups is 1. The van der Waals surface area contributed by atoms with Crippen LogP contribution < -0.4 is 5.48 Å². The van der Waals surface area contributed by atoms with Gasteiger partial charge in [0.25, 0.3) is 0 Å². The third-order valence-corrected chi connectivity index (χ3v) is 1.44. The Morgan fingerprint density at radius 1 is 1.40 bits per heavy atom. The highest BCUT2D eigenvalue weighted by Gasteiger charge is 2.29. The molecule has 1 atom stereocenters. The lowest BCUT2D eigenvalue weighted by Crippen LogP contribution is -2.39. The van der Waals surface area contributed by atoms with Crippen molar-refractivity contribution in [3.05, 3.63) is 0 Å². The van der Waals surface area contributed by atoms with Gasteiger partial charge >= 0.3 is 12.1 Å². The maximum absolute atomic E-state index is 11.7. The summed E-state index contributed by atoms with van der Waals surface area (Å²) in [7, 11) is 0. The maximum Gasteiger partial charge on any atom is 0.413 e. The lowest BCUT2D eigenvalue weighted by molar-refractivity contribution is -0.196. The Bertz CT molecular complexity index is 196. The van der Waals surface area contributed by atoms with Gasteiger partial charge in [0.05, 0.1) is 6.61 Å². The molecule has 7 heteroatoms. The first-order chi connectivity index (χ1) is 6.90. The third kappa shape index (κ3) is 7.15. The molecule has 0 saturated heterocycles. The summed E-state index contributed by atoms with van der Waals surface area (Å²) in [5.41, 5.74) is 2.02. The van der Waals surface area contributed by atoms with E-state index >= 15 is 0 Å². The van der Waals surface area contributed by atoms with Gasteiger partial charge in [-0.25, -0.2) is 0 Å². The summed E-state index contributed by atoms with van der Waals surface area (Å²) in [5.74, 6) is -0.623. The fraction of sp³-hybridized carbons (Fsp3) is 0.875. The molecule has 0 fully saturated rings. The summed E-state index contributed by atoms with van der Waals surface area (Å²) in [5, 5.41) is 0. The summed E-state index contributed by atoms with van der Waals surface area (Å²) < 4.78 is 39.6. The van der Waals surface area contributed by atoms with E-state index in [2.05, 4.69) is 9.57 Å². The molecule has 0 radical (unpaired) electrons. The molecular formula is C8H14F3NO3. The minimum absolute atomic E-state index is 0.177. The van der Waals surface area contributed by atoms with E-state index in [4.69, 9.17) is 0 Å². The maximum atomic E-state index is 11.7. The molecular weight excluding hydrogens is 215 g/mol. The molecule has 1 N–H and O–H groups in total. The number of carbonyl (C=O) groups is 1. The number of halogens is 3. The van der Waals surface area contributed by atoms with Gasteiger partial charge in [0.1, 0.15) is 6.04 Å². The van der Waals surface area contributed by atoms with Crippen molar-refractivity contribution in [3.8, 4) is 0 Å². The number of ether oxygens (including phenoxy) is 1. The Labute approximate surface area is 85.7 Å². The van der Waals surface area contributed by atoms with Crippen LogP contribution in [0.5, 0.6) is 0 Å². The Morgan fingerprint density at radius 3 is 2.40 bits per heavy atom. The number of hydrogen-bond acceptors (Lipinski definition) is 4. The second-order valence-electron chi connectivity index (χ2n) is 2.73. The van der Waals surface area contributed by atoms with Gasteiger partial charge in [-0.2, -0.15) is 18.7 Å². The number of alkyl halides is 3. The van der Waals surface area contributed by atoms with Crippen molar-refractivity contribution < 1.29 is 27.5 Å². The Morgan fingerprint density at radius 2 is 2.00 bits per heavy atom. The zero-order valence-corrected chi connectivity index (χ0v) is 8.56. The first-order valence-corrected chi connectivity index (χ1v) is 4.51. The van der Waals surface area contributed by atoms with Gasteiger partial charge in [-0.3, -0.25) is 9.63 Å². The van der Waals surface area contributed by atoms with E-state index in [1.165, 1.54) is 0 Å². The molecule has 0 aliphatic carbocycles. The Hall–Kier alpha value is -0.820. The highest BCUT2D eigenvalue weighted by atomic mass is 19.4. The molecule has 0 saturated carbocycles. The average Bonchev–Trinajstić information content (AvgIpc) is 2.11. The highest BCUT2D eigenvalue weighted by molar-refractivity contribution is 5.75. The van der Waals surface area contributed by atoms with Crippen molar-refractivity contribution in [2.45, 2.75) is 32.5 Å². The lowest BCUT2D eigenvalue weighted by atomic mass is 10.2. The van der Waals surface area contributed by atoms with E-state index in [1.54, 1.807) is 13.8 Å². The molecule has 0 amide bonds.